The predicted molar refractivity (Wildman–Crippen MR) is 114 cm³/mol. The standard InChI is InChI=1S/C23H16ClN3O2/c24-16-10-8-15(9-11-16)22-20(27-12-4-3-7-21(27)25-22)14-26-13-18(23(28)29)17-5-1-2-6-19(17)26/h1-13H,14H2,(H,28,29). The van der Waals surface area contributed by atoms with Gasteiger partial charge in [-0.15, -0.1) is 0 Å². The van der Waals surface area contributed by atoms with E-state index < -0.39 is 5.97 Å². The maximum atomic E-state index is 11.7. The van der Waals surface area contributed by atoms with Crippen LogP contribution >= 0.6 is 11.6 Å². The fraction of sp³-hybridized carbons (Fsp3) is 0.0435. The Morgan fingerprint density at radius 2 is 1.76 bits per heavy atom. The summed E-state index contributed by atoms with van der Waals surface area (Å²) in [7, 11) is 0. The molecule has 0 bridgehead atoms. The maximum Gasteiger partial charge on any atom is 0.337 e. The lowest BCUT2D eigenvalue weighted by Crippen LogP contribution is -2.03. The number of aromatic carboxylic acids is 1. The van der Waals surface area contributed by atoms with E-state index in [1.807, 2.05) is 81.9 Å². The van der Waals surface area contributed by atoms with Gasteiger partial charge in [0, 0.05) is 33.9 Å². The number of halogens is 1. The van der Waals surface area contributed by atoms with Crippen LogP contribution < -0.4 is 0 Å². The van der Waals surface area contributed by atoms with Crippen LogP contribution in [0.15, 0.2) is 79.1 Å². The number of fused-ring (bicyclic) bond motifs is 2. The Morgan fingerprint density at radius 1 is 1.00 bits per heavy atom. The maximum absolute atomic E-state index is 11.7. The second-order valence-corrected chi connectivity index (χ2v) is 7.27. The minimum absolute atomic E-state index is 0.294. The number of nitrogens with zero attached hydrogens (tertiary/aromatic N) is 3. The Kier molecular flexibility index (Phi) is 4.11. The summed E-state index contributed by atoms with van der Waals surface area (Å²) in [6, 6.07) is 21.0. The average molecular weight is 402 g/mol. The normalized spacial score (nSPS) is 11.3. The molecule has 1 N–H and O–H groups in total. The molecule has 142 valence electrons. The van der Waals surface area contributed by atoms with Crippen molar-refractivity contribution in [3.05, 3.63) is 95.4 Å². The second kappa shape index (κ2) is 6.79. The lowest BCUT2D eigenvalue weighted by atomic mass is 10.1. The minimum Gasteiger partial charge on any atom is -0.478 e. The van der Waals surface area contributed by atoms with Crippen LogP contribution in [0.1, 0.15) is 16.1 Å². The van der Waals surface area contributed by atoms with Crippen LogP contribution in [0.4, 0.5) is 0 Å². The Hall–Kier alpha value is -3.57. The summed E-state index contributed by atoms with van der Waals surface area (Å²) in [5, 5.41) is 11.0. The molecule has 0 amide bonds. The molecule has 6 heteroatoms. The molecule has 29 heavy (non-hydrogen) atoms. The summed E-state index contributed by atoms with van der Waals surface area (Å²) in [5.74, 6) is -0.934. The van der Waals surface area contributed by atoms with Crippen LogP contribution in [-0.4, -0.2) is 25.0 Å². The van der Waals surface area contributed by atoms with Crippen molar-refractivity contribution < 1.29 is 9.90 Å². The van der Waals surface area contributed by atoms with E-state index in [0.29, 0.717) is 17.1 Å². The van der Waals surface area contributed by atoms with Gasteiger partial charge in [-0.25, -0.2) is 9.78 Å². The van der Waals surface area contributed by atoms with Gasteiger partial charge in [-0.05, 0) is 30.3 Å². The van der Waals surface area contributed by atoms with Crippen molar-refractivity contribution in [2.75, 3.05) is 0 Å². The summed E-state index contributed by atoms with van der Waals surface area (Å²) >= 11 is 6.06. The molecule has 0 saturated carbocycles. The van der Waals surface area contributed by atoms with E-state index >= 15 is 0 Å². The molecule has 0 spiro atoms. The molecule has 5 nitrogen and oxygen atoms in total. The zero-order valence-electron chi connectivity index (χ0n) is 15.3. The summed E-state index contributed by atoms with van der Waals surface area (Å²) in [4.78, 5) is 16.5. The van der Waals surface area contributed by atoms with Gasteiger partial charge >= 0.3 is 5.97 Å². The molecule has 5 aromatic rings. The third-order valence-electron chi connectivity index (χ3n) is 5.09. The van der Waals surface area contributed by atoms with Crippen molar-refractivity contribution in [1.82, 2.24) is 14.0 Å². The number of rotatable bonds is 4. The van der Waals surface area contributed by atoms with Gasteiger partial charge in [-0.1, -0.05) is 48.0 Å². The first kappa shape index (κ1) is 17.5. The van der Waals surface area contributed by atoms with Crippen LogP contribution in [0.3, 0.4) is 0 Å². The van der Waals surface area contributed by atoms with Crippen LogP contribution in [0, 0.1) is 0 Å². The number of carboxylic acid groups (broad SMARTS) is 1. The van der Waals surface area contributed by atoms with E-state index in [-0.39, 0.29) is 0 Å². The van der Waals surface area contributed by atoms with Crippen LogP contribution in [0.25, 0.3) is 27.8 Å². The van der Waals surface area contributed by atoms with Gasteiger partial charge < -0.3 is 14.1 Å². The molecule has 0 aliphatic heterocycles. The number of hydrogen-bond acceptors (Lipinski definition) is 2. The van der Waals surface area contributed by atoms with E-state index in [9.17, 15) is 9.90 Å². The molecule has 0 aliphatic carbocycles. The lowest BCUT2D eigenvalue weighted by molar-refractivity contribution is 0.0699. The first-order valence-electron chi connectivity index (χ1n) is 9.15. The number of pyridine rings is 1. The Labute approximate surface area is 171 Å². The van der Waals surface area contributed by atoms with Crippen molar-refractivity contribution in [3.63, 3.8) is 0 Å². The number of carboxylic acids is 1. The molecule has 0 saturated heterocycles. The Balaban J connectivity index is 1.72. The minimum atomic E-state index is -0.934. The van der Waals surface area contributed by atoms with Gasteiger partial charge in [0.05, 0.1) is 23.5 Å². The van der Waals surface area contributed by atoms with Crippen molar-refractivity contribution in [3.8, 4) is 11.3 Å². The molecule has 2 aromatic carbocycles. The van der Waals surface area contributed by atoms with E-state index in [1.165, 1.54) is 0 Å². The van der Waals surface area contributed by atoms with E-state index in [2.05, 4.69) is 0 Å². The number of imidazole rings is 1. The predicted octanol–water partition coefficient (Wildman–Crippen LogP) is 5.36. The molecule has 5 rings (SSSR count). The van der Waals surface area contributed by atoms with Crippen LogP contribution in [0.2, 0.25) is 5.02 Å². The third-order valence-corrected chi connectivity index (χ3v) is 5.34. The molecule has 0 unspecified atom stereocenters. The molecule has 0 aliphatic rings. The zero-order chi connectivity index (χ0) is 20.0. The first-order valence-corrected chi connectivity index (χ1v) is 9.52. The Morgan fingerprint density at radius 3 is 2.55 bits per heavy atom. The second-order valence-electron chi connectivity index (χ2n) is 6.84. The topological polar surface area (TPSA) is 59.5 Å². The fourth-order valence-electron chi connectivity index (χ4n) is 3.75. The summed E-state index contributed by atoms with van der Waals surface area (Å²) in [5.41, 5.74) is 4.79. The molecule has 3 heterocycles. The smallest absolute Gasteiger partial charge is 0.337 e. The fourth-order valence-corrected chi connectivity index (χ4v) is 3.87. The highest BCUT2D eigenvalue weighted by Crippen LogP contribution is 2.29. The molecule has 0 fully saturated rings. The van der Waals surface area contributed by atoms with Gasteiger partial charge in [-0.3, -0.25) is 0 Å². The highest BCUT2D eigenvalue weighted by molar-refractivity contribution is 6.30. The summed E-state index contributed by atoms with van der Waals surface area (Å²) in [6.45, 7) is 0.483. The van der Waals surface area contributed by atoms with Gasteiger partial charge in [-0.2, -0.15) is 0 Å². The zero-order valence-corrected chi connectivity index (χ0v) is 16.0. The van der Waals surface area contributed by atoms with E-state index in [0.717, 1.165) is 33.5 Å². The van der Waals surface area contributed by atoms with Crippen molar-refractivity contribution in [2.45, 2.75) is 6.54 Å². The number of para-hydroxylation sites is 1. The average Bonchev–Trinajstić information content (AvgIpc) is 3.28. The molecular weight excluding hydrogens is 386 g/mol. The largest absolute Gasteiger partial charge is 0.478 e. The molecule has 0 atom stereocenters. The van der Waals surface area contributed by atoms with Crippen molar-refractivity contribution in [1.29, 1.82) is 0 Å². The number of carbonyl (C=O) groups is 1. The first-order chi connectivity index (χ1) is 14.1. The van der Waals surface area contributed by atoms with Gasteiger partial charge in [0.1, 0.15) is 5.65 Å². The lowest BCUT2D eigenvalue weighted by Gasteiger charge is -2.09. The Bertz CT molecular complexity index is 1370. The summed E-state index contributed by atoms with van der Waals surface area (Å²) < 4.78 is 4.01. The highest BCUT2D eigenvalue weighted by atomic mass is 35.5. The monoisotopic (exact) mass is 401 g/mol. The number of aromatic nitrogens is 3. The van der Waals surface area contributed by atoms with Gasteiger partial charge in [0.15, 0.2) is 0 Å². The highest BCUT2D eigenvalue weighted by Gasteiger charge is 2.18. The molecule has 0 radical (unpaired) electrons. The van der Waals surface area contributed by atoms with Crippen molar-refractivity contribution >= 4 is 34.1 Å². The van der Waals surface area contributed by atoms with Gasteiger partial charge in [0.25, 0.3) is 0 Å². The number of benzene rings is 2. The van der Waals surface area contributed by atoms with E-state index in [4.69, 9.17) is 16.6 Å². The number of hydrogen-bond donors (Lipinski definition) is 1. The molecular formula is C23H16ClN3O2. The van der Waals surface area contributed by atoms with Crippen LogP contribution in [0.5, 0.6) is 0 Å². The molecule has 3 aromatic heterocycles. The van der Waals surface area contributed by atoms with Crippen molar-refractivity contribution in [2.24, 2.45) is 0 Å². The van der Waals surface area contributed by atoms with Gasteiger partial charge in [0.2, 0.25) is 0 Å². The van der Waals surface area contributed by atoms with Crippen LogP contribution in [-0.2, 0) is 6.54 Å². The summed E-state index contributed by atoms with van der Waals surface area (Å²) in [6.07, 6.45) is 3.67. The SMILES string of the molecule is O=C(O)c1cn(Cc2c(-c3ccc(Cl)cc3)nc3ccccn23)c2ccccc12. The third kappa shape index (κ3) is 2.96. The van der Waals surface area contributed by atoms with E-state index in [1.54, 1.807) is 6.20 Å². The quantitative estimate of drug-likeness (QED) is 0.441.